The molecule has 0 spiro atoms. The van der Waals surface area contributed by atoms with Gasteiger partial charge in [0, 0.05) is 6.04 Å². The SMILES string of the molecule is O=P(O)(O)CN(CP(=O)(O)O)C1CCS(=O)(=O)C1. The molecule has 1 unspecified atom stereocenters. The summed E-state index contributed by atoms with van der Waals surface area (Å²) in [5, 5.41) is 0. The van der Waals surface area contributed by atoms with Gasteiger partial charge in [0.25, 0.3) is 0 Å². The Kier molecular flexibility index (Phi) is 4.79. The highest BCUT2D eigenvalue weighted by atomic mass is 32.2. The van der Waals surface area contributed by atoms with Gasteiger partial charge in [-0.2, -0.15) is 0 Å². The van der Waals surface area contributed by atoms with Crippen LogP contribution < -0.4 is 0 Å². The van der Waals surface area contributed by atoms with E-state index in [4.69, 9.17) is 19.6 Å². The van der Waals surface area contributed by atoms with Crippen molar-refractivity contribution in [2.45, 2.75) is 12.5 Å². The van der Waals surface area contributed by atoms with Crippen LogP contribution in [0, 0.1) is 0 Å². The second-order valence-electron chi connectivity index (χ2n) is 4.26. The minimum atomic E-state index is -4.51. The molecule has 0 amide bonds. The van der Waals surface area contributed by atoms with E-state index < -0.39 is 43.6 Å². The molecule has 1 saturated heterocycles. The molecular formula is C6H15NO8P2S. The predicted octanol–water partition coefficient (Wildman–Crippen LogP) is -1.25. The maximum atomic E-state index is 11.3. The molecule has 18 heavy (non-hydrogen) atoms. The monoisotopic (exact) mass is 323 g/mol. The van der Waals surface area contributed by atoms with Crippen LogP contribution in [0.4, 0.5) is 0 Å². The lowest BCUT2D eigenvalue weighted by Gasteiger charge is -2.27. The van der Waals surface area contributed by atoms with Gasteiger partial charge in [-0.25, -0.2) is 8.42 Å². The zero-order chi connectivity index (χ0) is 14.2. The van der Waals surface area contributed by atoms with Gasteiger partial charge in [0.05, 0.1) is 11.5 Å². The summed E-state index contributed by atoms with van der Waals surface area (Å²) in [5.41, 5.74) is 0. The average Bonchev–Trinajstić information content (AvgIpc) is 2.39. The molecule has 1 fully saturated rings. The van der Waals surface area contributed by atoms with Gasteiger partial charge < -0.3 is 19.6 Å². The average molecular weight is 323 g/mol. The van der Waals surface area contributed by atoms with E-state index in [1.54, 1.807) is 0 Å². The van der Waals surface area contributed by atoms with Crippen molar-refractivity contribution in [3.63, 3.8) is 0 Å². The quantitative estimate of drug-likeness (QED) is 0.454. The molecule has 0 aliphatic carbocycles. The molecule has 12 heteroatoms. The lowest BCUT2D eigenvalue weighted by molar-refractivity contribution is 0.234. The van der Waals surface area contributed by atoms with Crippen molar-refractivity contribution in [1.82, 2.24) is 4.90 Å². The van der Waals surface area contributed by atoms with Crippen LogP contribution in [0.3, 0.4) is 0 Å². The van der Waals surface area contributed by atoms with Crippen molar-refractivity contribution < 1.29 is 37.1 Å². The highest BCUT2D eigenvalue weighted by Gasteiger charge is 2.37. The molecule has 4 N–H and O–H groups in total. The van der Waals surface area contributed by atoms with Crippen LogP contribution in [-0.4, -0.2) is 63.0 Å². The van der Waals surface area contributed by atoms with Crippen LogP contribution in [0.15, 0.2) is 0 Å². The van der Waals surface area contributed by atoms with E-state index in [0.717, 1.165) is 4.90 Å². The summed E-state index contributed by atoms with van der Waals surface area (Å²) in [4.78, 5) is 36.2. The molecule has 1 heterocycles. The summed E-state index contributed by atoms with van der Waals surface area (Å²) in [5.74, 6) is -0.483. The van der Waals surface area contributed by atoms with Crippen molar-refractivity contribution in [1.29, 1.82) is 0 Å². The van der Waals surface area contributed by atoms with Gasteiger partial charge in [0.1, 0.15) is 12.6 Å². The largest absolute Gasteiger partial charge is 0.339 e. The normalized spacial score (nSPS) is 24.6. The molecule has 0 radical (unpaired) electrons. The summed E-state index contributed by atoms with van der Waals surface area (Å²) in [6.45, 7) is 0. The van der Waals surface area contributed by atoms with Gasteiger partial charge in [-0.1, -0.05) is 0 Å². The summed E-state index contributed by atoms with van der Waals surface area (Å²) < 4.78 is 44.3. The number of hydrogen-bond acceptors (Lipinski definition) is 5. The molecule has 1 atom stereocenters. The van der Waals surface area contributed by atoms with E-state index in [0.29, 0.717) is 0 Å². The Morgan fingerprint density at radius 2 is 1.50 bits per heavy atom. The van der Waals surface area contributed by atoms with Crippen molar-refractivity contribution in [3.05, 3.63) is 0 Å². The standard InChI is InChI=1S/C6H15NO8P2S/c8-16(9,10)4-7(5-17(11,12)13)6-1-2-18(14,15)3-6/h6H,1-5H2,(H2,8,9,10)(H2,11,12,13). The molecule has 9 nitrogen and oxygen atoms in total. The Hall–Kier alpha value is 0.210. The molecule has 108 valence electrons. The van der Waals surface area contributed by atoms with Crippen LogP contribution in [0.2, 0.25) is 0 Å². The first-order valence-corrected chi connectivity index (χ1v) is 10.3. The van der Waals surface area contributed by atoms with Crippen molar-refractivity contribution in [2.24, 2.45) is 0 Å². The van der Waals surface area contributed by atoms with Crippen LogP contribution in [0.25, 0.3) is 0 Å². The van der Waals surface area contributed by atoms with E-state index in [1.807, 2.05) is 0 Å². The predicted molar refractivity (Wildman–Crippen MR) is 62.7 cm³/mol. The maximum Gasteiger partial charge on any atom is 0.339 e. The molecule has 1 aliphatic heterocycles. The Labute approximate surface area is 104 Å². The highest BCUT2D eigenvalue weighted by Crippen LogP contribution is 2.42. The summed E-state index contributed by atoms with van der Waals surface area (Å²) in [6.07, 6.45) is -1.61. The molecule has 0 saturated carbocycles. The lowest BCUT2D eigenvalue weighted by Crippen LogP contribution is -2.37. The fourth-order valence-corrected chi connectivity index (χ4v) is 5.34. The molecule has 0 aromatic carbocycles. The molecule has 0 bridgehead atoms. The molecule has 0 aromatic rings. The van der Waals surface area contributed by atoms with E-state index in [9.17, 15) is 17.5 Å². The van der Waals surface area contributed by atoms with E-state index >= 15 is 0 Å². The van der Waals surface area contributed by atoms with Crippen molar-refractivity contribution >= 4 is 25.0 Å². The first-order valence-electron chi connectivity index (χ1n) is 4.92. The highest BCUT2D eigenvalue weighted by molar-refractivity contribution is 7.91. The molecule has 1 rings (SSSR count). The summed E-state index contributed by atoms with van der Waals surface area (Å²) in [7, 11) is -12.3. The van der Waals surface area contributed by atoms with Gasteiger partial charge in [0.15, 0.2) is 9.84 Å². The smallest absolute Gasteiger partial charge is 0.324 e. The van der Waals surface area contributed by atoms with Gasteiger partial charge >= 0.3 is 15.2 Å². The van der Waals surface area contributed by atoms with E-state index in [-0.39, 0.29) is 17.9 Å². The minimum absolute atomic E-state index is 0.113. The van der Waals surface area contributed by atoms with Crippen molar-refractivity contribution in [2.75, 3.05) is 24.1 Å². The van der Waals surface area contributed by atoms with Crippen LogP contribution >= 0.6 is 15.2 Å². The third kappa shape index (κ3) is 5.90. The molecule has 0 aromatic heterocycles. The fraction of sp³-hybridized carbons (Fsp3) is 1.00. The first kappa shape index (κ1) is 16.3. The Morgan fingerprint density at radius 3 is 1.78 bits per heavy atom. The number of sulfone groups is 1. The van der Waals surface area contributed by atoms with Crippen LogP contribution in [0.5, 0.6) is 0 Å². The third-order valence-electron chi connectivity index (χ3n) is 2.46. The zero-order valence-corrected chi connectivity index (χ0v) is 11.9. The number of nitrogens with zero attached hydrogens (tertiary/aromatic N) is 1. The summed E-state index contributed by atoms with van der Waals surface area (Å²) in [6, 6.07) is -0.768. The van der Waals surface area contributed by atoms with Crippen LogP contribution in [-0.2, 0) is 19.0 Å². The molecule has 1 aliphatic rings. The van der Waals surface area contributed by atoms with Gasteiger partial charge in [-0.15, -0.1) is 0 Å². The van der Waals surface area contributed by atoms with Crippen molar-refractivity contribution in [3.8, 4) is 0 Å². The second kappa shape index (κ2) is 5.30. The topological polar surface area (TPSA) is 152 Å². The Bertz CT molecular complexity index is 468. The van der Waals surface area contributed by atoms with E-state index in [2.05, 4.69) is 0 Å². The second-order valence-corrected chi connectivity index (χ2v) is 9.71. The third-order valence-corrected chi connectivity index (χ3v) is 5.67. The van der Waals surface area contributed by atoms with Gasteiger partial charge in [-0.3, -0.25) is 14.0 Å². The van der Waals surface area contributed by atoms with Gasteiger partial charge in [0.2, 0.25) is 0 Å². The lowest BCUT2D eigenvalue weighted by atomic mass is 10.2. The minimum Gasteiger partial charge on any atom is -0.324 e. The van der Waals surface area contributed by atoms with E-state index in [1.165, 1.54) is 0 Å². The summed E-state index contributed by atoms with van der Waals surface area (Å²) >= 11 is 0. The zero-order valence-electron chi connectivity index (χ0n) is 9.28. The Morgan fingerprint density at radius 1 is 1.06 bits per heavy atom. The maximum absolute atomic E-state index is 11.3. The first-order chi connectivity index (χ1) is 7.88. The van der Waals surface area contributed by atoms with Gasteiger partial charge in [-0.05, 0) is 6.42 Å². The van der Waals surface area contributed by atoms with Crippen LogP contribution in [0.1, 0.15) is 6.42 Å². The fourth-order valence-electron chi connectivity index (χ4n) is 1.81. The number of hydrogen-bond donors (Lipinski definition) is 4. The number of rotatable bonds is 5. The Balaban J connectivity index is 2.85. The molecular weight excluding hydrogens is 308 g/mol.